The number of carbonyl (C=O) groups is 1. The first-order valence-electron chi connectivity index (χ1n) is 6.06. The fourth-order valence-corrected chi connectivity index (χ4v) is 2.38. The van der Waals surface area contributed by atoms with Crippen LogP contribution in [0, 0.1) is 0 Å². The molecule has 0 fully saturated rings. The van der Waals surface area contributed by atoms with Gasteiger partial charge in [-0.2, -0.15) is 0 Å². The first kappa shape index (κ1) is 15.0. The lowest BCUT2D eigenvalue weighted by atomic mass is 10.2. The molecule has 3 N–H and O–H groups in total. The lowest BCUT2D eigenvalue weighted by Crippen LogP contribution is -2.19. The van der Waals surface area contributed by atoms with Gasteiger partial charge in [-0.05, 0) is 17.7 Å². The third kappa shape index (κ3) is 4.30. The topological polar surface area (TPSA) is 98.5 Å². The summed E-state index contributed by atoms with van der Waals surface area (Å²) in [7, 11) is -3.92. The molecule has 0 aromatic heterocycles. The number of hydrogen-bond acceptors (Lipinski definition) is 4. The van der Waals surface area contributed by atoms with Gasteiger partial charge in [0, 0.05) is 0 Å². The summed E-state index contributed by atoms with van der Waals surface area (Å²) < 4.78 is 27.8. The Morgan fingerprint density at radius 3 is 2.33 bits per heavy atom. The average Bonchev–Trinajstić information content (AvgIpc) is 2.46. The van der Waals surface area contributed by atoms with Crippen LogP contribution in [0.4, 0.5) is 10.5 Å². The predicted molar refractivity (Wildman–Crippen MR) is 78.1 cm³/mol. The van der Waals surface area contributed by atoms with Crippen molar-refractivity contribution in [1.82, 2.24) is 0 Å². The van der Waals surface area contributed by atoms with Crippen molar-refractivity contribution >= 4 is 21.8 Å². The van der Waals surface area contributed by atoms with Gasteiger partial charge in [0.05, 0.1) is 5.69 Å². The number of anilines is 1. The monoisotopic (exact) mass is 306 g/mol. The van der Waals surface area contributed by atoms with E-state index in [2.05, 4.69) is 5.32 Å². The minimum Gasteiger partial charge on any atom is -0.444 e. The van der Waals surface area contributed by atoms with Gasteiger partial charge < -0.3 is 4.74 Å². The van der Waals surface area contributed by atoms with E-state index in [-0.39, 0.29) is 17.2 Å². The van der Waals surface area contributed by atoms with E-state index in [0.717, 1.165) is 5.56 Å². The maximum absolute atomic E-state index is 11.7. The second kappa shape index (κ2) is 6.38. The van der Waals surface area contributed by atoms with Crippen molar-refractivity contribution in [3.63, 3.8) is 0 Å². The van der Waals surface area contributed by atoms with Crippen LogP contribution < -0.4 is 10.5 Å². The smallest absolute Gasteiger partial charge is 0.411 e. The highest BCUT2D eigenvalue weighted by Crippen LogP contribution is 2.19. The van der Waals surface area contributed by atoms with Crippen LogP contribution in [0.15, 0.2) is 59.5 Å². The van der Waals surface area contributed by atoms with E-state index in [4.69, 9.17) is 9.88 Å². The van der Waals surface area contributed by atoms with Gasteiger partial charge in [0.1, 0.15) is 11.5 Å². The molecule has 2 rings (SSSR count). The molecule has 0 saturated heterocycles. The van der Waals surface area contributed by atoms with Crippen LogP contribution in [0.1, 0.15) is 5.56 Å². The Balaban J connectivity index is 2.04. The molecule has 0 bridgehead atoms. The van der Waals surface area contributed by atoms with Crippen molar-refractivity contribution in [3.05, 3.63) is 60.2 Å². The zero-order valence-corrected chi connectivity index (χ0v) is 11.8. The zero-order valence-electron chi connectivity index (χ0n) is 11.0. The number of primary sulfonamides is 1. The van der Waals surface area contributed by atoms with Crippen molar-refractivity contribution in [2.45, 2.75) is 11.5 Å². The molecule has 110 valence electrons. The van der Waals surface area contributed by atoms with Gasteiger partial charge >= 0.3 is 6.09 Å². The molecular formula is C14H14N2O4S. The Kier molecular flexibility index (Phi) is 4.56. The van der Waals surface area contributed by atoms with Crippen LogP contribution in [-0.4, -0.2) is 14.5 Å². The number of carbonyl (C=O) groups excluding carboxylic acids is 1. The van der Waals surface area contributed by atoms with Crippen molar-refractivity contribution in [3.8, 4) is 0 Å². The summed E-state index contributed by atoms with van der Waals surface area (Å²) >= 11 is 0. The molecular weight excluding hydrogens is 292 g/mol. The van der Waals surface area contributed by atoms with E-state index in [9.17, 15) is 13.2 Å². The van der Waals surface area contributed by atoms with Gasteiger partial charge in [0.2, 0.25) is 10.0 Å². The third-order valence-corrected chi connectivity index (χ3v) is 3.61. The Morgan fingerprint density at radius 2 is 1.67 bits per heavy atom. The number of nitrogens with one attached hydrogen (secondary N) is 1. The van der Waals surface area contributed by atoms with Gasteiger partial charge in [-0.1, -0.05) is 42.5 Å². The average molecular weight is 306 g/mol. The molecule has 0 unspecified atom stereocenters. The normalized spacial score (nSPS) is 10.9. The minimum atomic E-state index is -3.92. The summed E-state index contributed by atoms with van der Waals surface area (Å²) in [5.74, 6) is 0. The zero-order chi connectivity index (χ0) is 15.3. The maximum Gasteiger partial charge on any atom is 0.411 e. The van der Waals surface area contributed by atoms with Gasteiger partial charge in [-0.3, -0.25) is 5.32 Å². The molecule has 0 saturated carbocycles. The number of rotatable bonds is 4. The Hall–Kier alpha value is -2.38. The predicted octanol–water partition coefficient (Wildman–Crippen LogP) is 2.08. The minimum absolute atomic E-state index is 0.0815. The van der Waals surface area contributed by atoms with Gasteiger partial charge in [0.15, 0.2) is 0 Å². The Labute approximate surface area is 122 Å². The quantitative estimate of drug-likeness (QED) is 0.903. The van der Waals surface area contributed by atoms with Gasteiger partial charge in [0.25, 0.3) is 0 Å². The highest BCUT2D eigenvalue weighted by atomic mass is 32.2. The fraction of sp³-hybridized carbons (Fsp3) is 0.0714. The van der Waals surface area contributed by atoms with Crippen LogP contribution in [0.2, 0.25) is 0 Å². The van der Waals surface area contributed by atoms with Crippen LogP contribution in [0.5, 0.6) is 0 Å². The molecule has 2 aromatic carbocycles. The molecule has 0 atom stereocenters. The van der Waals surface area contributed by atoms with E-state index in [1.807, 2.05) is 30.3 Å². The second-order valence-corrected chi connectivity index (χ2v) is 5.76. The molecule has 0 aliphatic rings. The van der Waals surface area contributed by atoms with E-state index in [1.54, 1.807) is 6.07 Å². The molecule has 0 aliphatic heterocycles. The lowest BCUT2D eigenvalue weighted by molar-refractivity contribution is 0.155. The molecule has 0 radical (unpaired) electrons. The number of amides is 1. The summed E-state index contributed by atoms with van der Waals surface area (Å²) in [4.78, 5) is 11.5. The van der Waals surface area contributed by atoms with Crippen molar-refractivity contribution in [2.75, 3.05) is 5.32 Å². The lowest BCUT2D eigenvalue weighted by Gasteiger charge is -2.10. The van der Waals surface area contributed by atoms with Crippen molar-refractivity contribution in [2.24, 2.45) is 5.14 Å². The van der Waals surface area contributed by atoms with E-state index >= 15 is 0 Å². The molecule has 0 spiro atoms. The van der Waals surface area contributed by atoms with Crippen molar-refractivity contribution in [1.29, 1.82) is 0 Å². The highest BCUT2D eigenvalue weighted by molar-refractivity contribution is 7.89. The van der Waals surface area contributed by atoms with E-state index < -0.39 is 16.1 Å². The largest absolute Gasteiger partial charge is 0.444 e. The number of benzene rings is 2. The SMILES string of the molecule is NS(=O)(=O)c1ccccc1NC(=O)OCc1ccccc1. The van der Waals surface area contributed by atoms with Crippen LogP contribution >= 0.6 is 0 Å². The highest BCUT2D eigenvalue weighted by Gasteiger charge is 2.15. The number of hydrogen-bond donors (Lipinski definition) is 2. The molecule has 6 nitrogen and oxygen atoms in total. The van der Waals surface area contributed by atoms with Gasteiger partial charge in [-0.25, -0.2) is 18.4 Å². The standard InChI is InChI=1S/C14H14N2O4S/c15-21(18,19)13-9-5-4-8-12(13)16-14(17)20-10-11-6-2-1-3-7-11/h1-9H,10H2,(H,16,17)(H2,15,18,19). The summed E-state index contributed by atoms with van der Waals surface area (Å²) in [5, 5.41) is 7.45. The number of ether oxygens (including phenoxy) is 1. The third-order valence-electron chi connectivity index (χ3n) is 2.64. The number of nitrogens with two attached hydrogens (primary N) is 1. The molecule has 1 amide bonds. The van der Waals surface area contributed by atoms with Gasteiger partial charge in [-0.15, -0.1) is 0 Å². The molecule has 21 heavy (non-hydrogen) atoms. The van der Waals surface area contributed by atoms with Crippen LogP contribution in [0.25, 0.3) is 0 Å². The maximum atomic E-state index is 11.7. The summed E-state index contributed by atoms with van der Waals surface area (Å²) in [6.07, 6.45) is -0.755. The summed E-state index contributed by atoms with van der Waals surface area (Å²) in [6.45, 7) is 0.0875. The molecule has 0 aliphatic carbocycles. The Bertz CT molecular complexity index is 730. The fourth-order valence-electron chi connectivity index (χ4n) is 1.69. The van der Waals surface area contributed by atoms with Crippen LogP contribution in [-0.2, 0) is 21.4 Å². The summed E-state index contributed by atoms with van der Waals surface area (Å²) in [6, 6.07) is 15.0. The molecule has 7 heteroatoms. The number of sulfonamides is 1. The Morgan fingerprint density at radius 1 is 1.05 bits per heavy atom. The molecule has 0 heterocycles. The van der Waals surface area contributed by atoms with E-state index in [0.29, 0.717) is 0 Å². The number of para-hydroxylation sites is 1. The first-order chi connectivity index (χ1) is 9.97. The van der Waals surface area contributed by atoms with Crippen LogP contribution in [0.3, 0.4) is 0 Å². The van der Waals surface area contributed by atoms with Crippen molar-refractivity contribution < 1.29 is 17.9 Å². The summed E-state index contributed by atoms with van der Waals surface area (Å²) in [5.41, 5.74) is 0.908. The molecule has 2 aromatic rings. The second-order valence-electron chi connectivity index (χ2n) is 4.23. The first-order valence-corrected chi connectivity index (χ1v) is 7.61. The van der Waals surface area contributed by atoms with E-state index in [1.165, 1.54) is 18.2 Å².